The fourth-order valence-electron chi connectivity index (χ4n) is 2.06. The quantitative estimate of drug-likeness (QED) is 0.798. The van der Waals surface area contributed by atoms with Crippen molar-refractivity contribution in [3.05, 3.63) is 23.8 Å². The zero-order chi connectivity index (χ0) is 13.7. The molecule has 5 nitrogen and oxygen atoms in total. The summed E-state index contributed by atoms with van der Waals surface area (Å²) in [5, 5.41) is 19.0. The summed E-state index contributed by atoms with van der Waals surface area (Å²) >= 11 is 0. The zero-order valence-corrected chi connectivity index (χ0v) is 11.2. The van der Waals surface area contributed by atoms with E-state index in [1.54, 1.807) is 0 Å². The normalized spacial score (nSPS) is 15.6. The first-order valence-corrected chi connectivity index (χ1v) is 6.57. The molecule has 1 aliphatic heterocycles. The molecular formula is C14H21NO4. The Morgan fingerprint density at radius 3 is 2.68 bits per heavy atom. The van der Waals surface area contributed by atoms with Crippen molar-refractivity contribution in [2.45, 2.75) is 12.5 Å². The van der Waals surface area contributed by atoms with Crippen molar-refractivity contribution in [1.29, 1.82) is 0 Å². The lowest BCUT2D eigenvalue weighted by molar-refractivity contribution is 0.139. The number of hydrogen-bond acceptors (Lipinski definition) is 5. The molecule has 1 unspecified atom stereocenters. The molecule has 0 saturated carbocycles. The van der Waals surface area contributed by atoms with E-state index in [0.29, 0.717) is 31.9 Å². The minimum absolute atomic E-state index is 0.136. The third kappa shape index (κ3) is 3.83. The van der Waals surface area contributed by atoms with Gasteiger partial charge in [-0.25, -0.2) is 0 Å². The van der Waals surface area contributed by atoms with Crippen molar-refractivity contribution in [3.63, 3.8) is 0 Å². The summed E-state index contributed by atoms with van der Waals surface area (Å²) in [4.78, 5) is 1.99. The lowest BCUT2D eigenvalue weighted by Crippen LogP contribution is -2.24. The van der Waals surface area contributed by atoms with E-state index < -0.39 is 6.10 Å². The SMILES string of the molecule is CN(CCO)CCC(O)c1ccc2c(c1)OCCO2. The summed E-state index contributed by atoms with van der Waals surface area (Å²) in [6.45, 7) is 2.60. The van der Waals surface area contributed by atoms with E-state index in [2.05, 4.69) is 0 Å². The van der Waals surface area contributed by atoms with Crippen LogP contribution in [-0.2, 0) is 0 Å². The number of aliphatic hydroxyl groups is 2. The van der Waals surface area contributed by atoms with Gasteiger partial charge in [0, 0.05) is 13.1 Å². The summed E-state index contributed by atoms with van der Waals surface area (Å²) in [5.41, 5.74) is 0.835. The maximum Gasteiger partial charge on any atom is 0.161 e. The Morgan fingerprint density at radius 1 is 1.21 bits per heavy atom. The smallest absolute Gasteiger partial charge is 0.161 e. The van der Waals surface area contributed by atoms with Crippen molar-refractivity contribution >= 4 is 0 Å². The van der Waals surface area contributed by atoms with Crippen molar-refractivity contribution in [3.8, 4) is 11.5 Å². The van der Waals surface area contributed by atoms with Crippen LogP contribution in [0.5, 0.6) is 11.5 Å². The van der Waals surface area contributed by atoms with Crippen LogP contribution < -0.4 is 9.47 Å². The van der Waals surface area contributed by atoms with Crippen molar-refractivity contribution in [2.24, 2.45) is 0 Å². The summed E-state index contributed by atoms with van der Waals surface area (Å²) in [5.74, 6) is 1.44. The monoisotopic (exact) mass is 267 g/mol. The number of rotatable bonds is 6. The van der Waals surface area contributed by atoms with Gasteiger partial charge < -0.3 is 24.6 Å². The van der Waals surface area contributed by atoms with Crippen LogP contribution in [-0.4, -0.2) is 55.1 Å². The molecule has 0 aliphatic carbocycles. The van der Waals surface area contributed by atoms with Gasteiger partial charge in [0.05, 0.1) is 12.7 Å². The van der Waals surface area contributed by atoms with Crippen LogP contribution in [0.25, 0.3) is 0 Å². The number of nitrogens with zero attached hydrogens (tertiary/aromatic N) is 1. The van der Waals surface area contributed by atoms with Crippen LogP contribution in [0.2, 0.25) is 0 Å². The van der Waals surface area contributed by atoms with Crippen LogP contribution in [0.1, 0.15) is 18.1 Å². The van der Waals surface area contributed by atoms with E-state index in [1.165, 1.54) is 0 Å². The molecule has 1 atom stereocenters. The molecule has 0 bridgehead atoms. The molecule has 0 aromatic heterocycles. The van der Waals surface area contributed by atoms with Gasteiger partial charge in [-0.3, -0.25) is 0 Å². The maximum absolute atomic E-state index is 10.2. The Morgan fingerprint density at radius 2 is 1.95 bits per heavy atom. The molecule has 5 heteroatoms. The first kappa shape index (κ1) is 14.1. The highest BCUT2D eigenvalue weighted by Gasteiger charge is 2.15. The zero-order valence-electron chi connectivity index (χ0n) is 11.2. The first-order chi connectivity index (χ1) is 9.20. The van der Waals surface area contributed by atoms with E-state index in [9.17, 15) is 5.11 Å². The van der Waals surface area contributed by atoms with Gasteiger partial charge >= 0.3 is 0 Å². The number of fused-ring (bicyclic) bond motifs is 1. The first-order valence-electron chi connectivity index (χ1n) is 6.57. The summed E-state index contributed by atoms with van der Waals surface area (Å²) in [7, 11) is 1.92. The molecule has 0 fully saturated rings. The highest BCUT2D eigenvalue weighted by Crippen LogP contribution is 2.33. The Bertz CT molecular complexity index is 410. The van der Waals surface area contributed by atoms with Crippen molar-refractivity contribution < 1.29 is 19.7 Å². The van der Waals surface area contributed by atoms with Gasteiger partial charge in [0.1, 0.15) is 13.2 Å². The molecule has 0 radical (unpaired) electrons. The van der Waals surface area contributed by atoms with Crippen LogP contribution in [0.15, 0.2) is 18.2 Å². The number of aliphatic hydroxyl groups excluding tert-OH is 2. The van der Waals surface area contributed by atoms with E-state index >= 15 is 0 Å². The summed E-state index contributed by atoms with van der Waals surface area (Å²) in [6.07, 6.45) is 0.0906. The predicted molar refractivity (Wildman–Crippen MR) is 71.6 cm³/mol. The second-order valence-electron chi connectivity index (χ2n) is 4.73. The maximum atomic E-state index is 10.2. The molecule has 0 spiro atoms. The average Bonchev–Trinajstić information content (AvgIpc) is 2.44. The van der Waals surface area contributed by atoms with Gasteiger partial charge in [0.15, 0.2) is 11.5 Å². The Balaban J connectivity index is 1.93. The lowest BCUT2D eigenvalue weighted by Gasteiger charge is -2.21. The Kier molecular flexibility index (Phi) is 5.01. The minimum atomic E-state index is -0.531. The summed E-state index contributed by atoms with van der Waals surface area (Å²) in [6, 6.07) is 5.54. The lowest BCUT2D eigenvalue weighted by atomic mass is 10.1. The Labute approximate surface area is 113 Å². The van der Waals surface area contributed by atoms with Gasteiger partial charge in [0.25, 0.3) is 0 Å². The molecule has 1 aliphatic rings. The number of ether oxygens (including phenoxy) is 2. The second kappa shape index (κ2) is 6.75. The standard InChI is InChI=1S/C14H21NO4/c1-15(6-7-16)5-4-12(17)11-2-3-13-14(10-11)19-9-8-18-13/h2-3,10,12,16-17H,4-9H2,1H3. The molecule has 0 amide bonds. The highest BCUT2D eigenvalue weighted by atomic mass is 16.6. The number of hydrogen-bond donors (Lipinski definition) is 2. The summed E-state index contributed by atoms with van der Waals surface area (Å²) < 4.78 is 10.9. The van der Waals surface area contributed by atoms with Crippen LogP contribution in [0.4, 0.5) is 0 Å². The largest absolute Gasteiger partial charge is 0.486 e. The van der Waals surface area contributed by atoms with E-state index in [0.717, 1.165) is 17.9 Å². The van der Waals surface area contributed by atoms with Gasteiger partial charge in [-0.1, -0.05) is 6.07 Å². The molecular weight excluding hydrogens is 246 g/mol. The van der Waals surface area contributed by atoms with E-state index in [-0.39, 0.29) is 6.61 Å². The molecule has 1 aromatic carbocycles. The minimum Gasteiger partial charge on any atom is -0.486 e. The molecule has 19 heavy (non-hydrogen) atoms. The Hall–Kier alpha value is -1.30. The number of likely N-dealkylation sites (N-methyl/N-ethyl adjacent to an activating group) is 1. The molecule has 106 valence electrons. The van der Waals surface area contributed by atoms with E-state index in [4.69, 9.17) is 14.6 Å². The molecule has 2 rings (SSSR count). The van der Waals surface area contributed by atoms with Gasteiger partial charge in [-0.2, -0.15) is 0 Å². The van der Waals surface area contributed by atoms with Crippen LogP contribution in [0, 0.1) is 0 Å². The highest BCUT2D eigenvalue weighted by molar-refractivity contribution is 5.44. The topological polar surface area (TPSA) is 62.2 Å². The van der Waals surface area contributed by atoms with Gasteiger partial charge in [-0.15, -0.1) is 0 Å². The predicted octanol–water partition coefficient (Wildman–Crippen LogP) is 0.805. The van der Waals surface area contributed by atoms with E-state index in [1.807, 2.05) is 30.1 Å². The van der Waals surface area contributed by atoms with Gasteiger partial charge in [-0.05, 0) is 31.2 Å². The second-order valence-corrected chi connectivity index (χ2v) is 4.73. The molecule has 2 N–H and O–H groups in total. The molecule has 1 heterocycles. The number of benzene rings is 1. The third-order valence-corrected chi connectivity index (χ3v) is 3.22. The van der Waals surface area contributed by atoms with Crippen LogP contribution in [0.3, 0.4) is 0 Å². The fourth-order valence-corrected chi connectivity index (χ4v) is 2.06. The van der Waals surface area contributed by atoms with Crippen molar-refractivity contribution in [1.82, 2.24) is 4.90 Å². The molecule has 0 saturated heterocycles. The molecule has 1 aromatic rings. The van der Waals surface area contributed by atoms with Crippen molar-refractivity contribution in [2.75, 3.05) is 40.0 Å². The average molecular weight is 267 g/mol. The van der Waals surface area contributed by atoms with Gasteiger partial charge in [0.2, 0.25) is 0 Å². The van der Waals surface area contributed by atoms with Crippen LogP contribution >= 0.6 is 0 Å². The third-order valence-electron chi connectivity index (χ3n) is 3.22. The fraction of sp³-hybridized carbons (Fsp3) is 0.571.